The van der Waals surface area contributed by atoms with Crippen molar-refractivity contribution in [2.75, 3.05) is 13.3 Å². The molecular weight excluding hydrogens is 882 g/mol. The van der Waals surface area contributed by atoms with Crippen molar-refractivity contribution in [2.45, 2.75) is 36.4 Å². The second kappa shape index (κ2) is 16.5. The van der Waals surface area contributed by atoms with E-state index in [1.54, 1.807) is 0 Å². The first-order chi connectivity index (χ1) is 28.5. The number of phenols is 3. The summed E-state index contributed by atoms with van der Waals surface area (Å²) in [4.78, 5) is 68.8. The minimum Gasteiger partial charge on any atom is -0.508 e. The molecule has 7 rings (SSSR count). The number of halogens is 5. The van der Waals surface area contributed by atoms with E-state index in [2.05, 4.69) is 21.3 Å². The number of hydrogen-bond donors (Lipinski definition) is 9. The van der Waals surface area contributed by atoms with Crippen molar-refractivity contribution in [1.29, 1.82) is 0 Å². The molecule has 24 heteroatoms. The van der Waals surface area contributed by atoms with Gasteiger partial charge in [-0.3, -0.25) is 24.0 Å². The van der Waals surface area contributed by atoms with Crippen molar-refractivity contribution in [3.8, 4) is 45.6 Å². The van der Waals surface area contributed by atoms with Gasteiger partial charge in [-0.05, 0) is 64.7 Å². The van der Waals surface area contributed by atoms with Crippen LogP contribution < -0.4 is 35.5 Å². The summed E-state index contributed by atoms with van der Waals surface area (Å²) in [5, 5.41) is 54.3. The van der Waals surface area contributed by atoms with E-state index in [0.717, 1.165) is 60.7 Å². The third kappa shape index (κ3) is 9.16. The fourth-order valence-corrected chi connectivity index (χ4v) is 7.52. The summed E-state index contributed by atoms with van der Waals surface area (Å²) < 4.78 is 76.4. The quantitative estimate of drug-likeness (QED) is 0.133. The van der Waals surface area contributed by atoms with E-state index in [4.69, 9.17) is 32.1 Å². The Labute approximate surface area is 351 Å². The summed E-state index contributed by atoms with van der Waals surface area (Å²) in [7, 11) is -3.18. The molecule has 5 atom stereocenters. The first-order valence-electron chi connectivity index (χ1n) is 17.2. The molecule has 4 aromatic rings. The van der Waals surface area contributed by atoms with Gasteiger partial charge in [0.25, 0.3) is 0 Å². The van der Waals surface area contributed by atoms with Crippen LogP contribution in [-0.4, -0.2) is 83.9 Å². The number of nitrogens with one attached hydrogen (secondary N) is 5. The van der Waals surface area contributed by atoms with Gasteiger partial charge in [0.2, 0.25) is 23.6 Å². The zero-order valence-corrected chi connectivity index (χ0v) is 33.2. The predicted octanol–water partition coefficient (Wildman–Crippen LogP) is 2.93. The molecule has 0 aliphatic carbocycles. The number of aliphatic hydroxyl groups is 1. The third-order valence-corrected chi connectivity index (χ3v) is 10.3. The Bertz CT molecular complexity index is 2610. The number of carbonyl (C=O) groups excluding carboxylic acids is 5. The van der Waals surface area contributed by atoms with E-state index in [1.807, 2.05) is 0 Å². The Kier molecular flexibility index (Phi) is 11.9. The minimum absolute atomic E-state index is 0.294. The van der Waals surface area contributed by atoms with E-state index < -0.39 is 132 Å². The van der Waals surface area contributed by atoms with Crippen LogP contribution in [-0.2, 0) is 34.1 Å². The van der Waals surface area contributed by atoms with E-state index in [1.165, 1.54) is 12.4 Å². The molecule has 9 N–H and O–H groups in total. The molecule has 322 valence electrons. The monoisotopic (exact) mass is 911 g/mol. The van der Waals surface area contributed by atoms with Crippen molar-refractivity contribution in [3.63, 3.8) is 0 Å². The lowest BCUT2D eigenvalue weighted by Gasteiger charge is -2.31. The topological polar surface area (TPSA) is 279 Å². The number of alkyl halides is 3. The van der Waals surface area contributed by atoms with Gasteiger partial charge in [0.15, 0.2) is 17.2 Å². The van der Waals surface area contributed by atoms with Crippen LogP contribution in [0.15, 0.2) is 60.7 Å². The van der Waals surface area contributed by atoms with Crippen molar-refractivity contribution < 1.29 is 74.9 Å². The second-order valence-corrected chi connectivity index (χ2v) is 15.8. The van der Waals surface area contributed by atoms with Gasteiger partial charge in [-0.2, -0.15) is 21.6 Å². The number of aliphatic hydroxyl groups excluding tert-OH is 1. The maximum Gasteiger partial charge on any atom is 0.471 e. The number of carbonyl (C=O) groups is 5. The normalized spacial score (nSPS) is 20.4. The molecule has 8 bridgehead atoms. The molecule has 4 aromatic carbocycles. The molecule has 0 saturated carbocycles. The van der Waals surface area contributed by atoms with Crippen LogP contribution in [0.1, 0.15) is 46.5 Å². The number of fused-ring (bicyclic) bond motifs is 8. The maximum absolute atomic E-state index is 14.4. The lowest BCUT2D eigenvalue weighted by Crippen LogP contribution is -2.55. The zero-order chi connectivity index (χ0) is 44.9. The fraction of sp³-hybridized carbons (Fsp3) is 0.216. The van der Waals surface area contributed by atoms with Crippen molar-refractivity contribution in [1.82, 2.24) is 26.6 Å². The van der Waals surface area contributed by atoms with E-state index in [9.17, 15) is 66.0 Å². The molecule has 0 fully saturated rings. The molecule has 0 saturated heterocycles. The maximum atomic E-state index is 14.4. The summed E-state index contributed by atoms with van der Waals surface area (Å²) in [6.07, 6.45) is -7.12. The van der Waals surface area contributed by atoms with Gasteiger partial charge in [-0.25, -0.2) is 0 Å². The largest absolute Gasteiger partial charge is 0.508 e. The summed E-state index contributed by atoms with van der Waals surface area (Å²) in [6.45, 7) is 0. The highest BCUT2D eigenvalue weighted by Gasteiger charge is 2.43. The highest BCUT2D eigenvalue weighted by molar-refractivity contribution is 7.86. The molecule has 0 spiro atoms. The molecule has 0 unspecified atom stereocenters. The van der Waals surface area contributed by atoms with Gasteiger partial charge in [0, 0.05) is 24.2 Å². The Morgan fingerprint density at radius 2 is 1.49 bits per heavy atom. The molecule has 0 aromatic heterocycles. The van der Waals surface area contributed by atoms with Crippen LogP contribution in [0.2, 0.25) is 10.0 Å². The molecule has 3 aliphatic heterocycles. The summed E-state index contributed by atoms with van der Waals surface area (Å²) in [5.74, 6) is -11.7. The standard InChI is InChI=1S/C37H30Cl2F3N5O13S/c1-43-32(52)28-18-11-16(48)12-22(50)25(18)17-7-13(3-5-21(17)49)26-33(53)46-29(35(55)45-28)30(51)15-8-19(38)31(20(39)9-15)59-24-10-14(4-6-23(24)60-61(2,57)58)27(34(54)44-26)47-36(56)37(40,41)42/h3-12,26-30,48-51H,1-2H3,(H,43,52)(H,44,54)(H,45,55)(H,46,53)(H,47,56)/t26-,27-,28+,29+,30-/m1/s1. The van der Waals surface area contributed by atoms with E-state index in [0.29, 0.717) is 6.26 Å². The molecule has 0 radical (unpaired) electrons. The molecule has 3 aliphatic rings. The number of likely N-dealkylation sites (N-methyl/N-ethyl adjacent to an activating group) is 1. The van der Waals surface area contributed by atoms with Gasteiger partial charge in [-0.1, -0.05) is 35.3 Å². The second-order valence-electron chi connectivity index (χ2n) is 13.4. The first kappa shape index (κ1) is 44.1. The molecule has 18 nitrogen and oxygen atoms in total. The number of amides is 5. The Hall–Kier alpha value is -6.49. The lowest BCUT2D eigenvalue weighted by atomic mass is 9.89. The third-order valence-electron chi connectivity index (χ3n) is 9.22. The average molecular weight is 913 g/mol. The summed E-state index contributed by atoms with van der Waals surface area (Å²) >= 11 is 13.1. The fourth-order valence-electron chi connectivity index (χ4n) is 6.48. The van der Waals surface area contributed by atoms with Gasteiger partial charge < -0.3 is 55.9 Å². The smallest absolute Gasteiger partial charge is 0.471 e. The van der Waals surface area contributed by atoms with Gasteiger partial charge >= 0.3 is 22.2 Å². The van der Waals surface area contributed by atoms with Crippen LogP contribution in [0.4, 0.5) is 13.2 Å². The highest BCUT2D eigenvalue weighted by Crippen LogP contribution is 2.46. The van der Waals surface area contributed by atoms with Crippen LogP contribution in [0.5, 0.6) is 34.5 Å². The molecular formula is C37H30Cl2F3N5O13S. The number of benzene rings is 4. The number of ether oxygens (including phenoxy) is 1. The SMILES string of the molecule is CNC(=O)[C@H]1NC(=O)[C@H]2NC(=O)[C@H](NC(=O)[C@H](NC(=O)C(F)(F)F)c3ccc(OS(C)(=O)=O)c(c3)Oc3c(Cl)cc(cc3Cl)[C@H]2O)c2ccc(O)c(c2)-c2c(O)cc(O)cc21. The summed E-state index contributed by atoms with van der Waals surface area (Å²) in [5.41, 5.74) is -2.26. The predicted molar refractivity (Wildman–Crippen MR) is 205 cm³/mol. The van der Waals surface area contributed by atoms with Crippen LogP contribution >= 0.6 is 23.2 Å². The zero-order valence-electron chi connectivity index (χ0n) is 30.9. The molecule has 61 heavy (non-hydrogen) atoms. The Morgan fingerprint density at radius 3 is 2.11 bits per heavy atom. The first-order valence-corrected chi connectivity index (χ1v) is 19.8. The number of hydrogen-bond acceptors (Lipinski definition) is 13. The highest BCUT2D eigenvalue weighted by atomic mass is 35.5. The minimum atomic E-state index is -5.60. The van der Waals surface area contributed by atoms with Crippen molar-refractivity contribution in [2.24, 2.45) is 0 Å². The summed E-state index contributed by atoms with van der Waals surface area (Å²) in [6, 6.07) is 0.854. The van der Waals surface area contributed by atoms with E-state index >= 15 is 0 Å². The van der Waals surface area contributed by atoms with Crippen molar-refractivity contribution >= 4 is 62.9 Å². The van der Waals surface area contributed by atoms with Crippen LogP contribution in [0.25, 0.3) is 11.1 Å². The van der Waals surface area contributed by atoms with Gasteiger partial charge in [0.1, 0.15) is 47.5 Å². The van der Waals surface area contributed by atoms with Crippen molar-refractivity contribution in [3.05, 3.63) is 93.0 Å². The van der Waals surface area contributed by atoms with Crippen LogP contribution in [0, 0.1) is 0 Å². The molecule has 5 amide bonds. The van der Waals surface area contributed by atoms with Gasteiger partial charge in [-0.15, -0.1) is 0 Å². The number of rotatable bonds is 4. The Morgan fingerprint density at radius 1 is 0.836 bits per heavy atom. The lowest BCUT2D eigenvalue weighted by molar-refractivity contribution is -0.174. The van der Waals surface area contributed by atoms with E-state index in [-0.39, 0.29) is 22.3 Å². The van der Waals surface area contributed by atoms with Crippen LogP contribution in [0.3, 0.4) is 0 Å². The van der Waals surface area contributed by atoms with Gasteiger partial charge in [0.05, 0.1) is 16.3 Å². The number of aromatic hydroxyl groups is 3. The Balaban J connectivity index is 1.68. The number of phenolic OH excluding ortho intramolecular Hbond substituents is 3. The molecule has 3 heterocycles. The average Bonchev–Trinajstić information content (AvgIpc) is 3.16.